The van der Waals surface area contributed by atoms with Gasteiger partial charge in [0.15, 0.2) is 12.3 Å². The van der Waals surface area contributed by atoms with Crippen molar-refractivity contribution in [3.05, 3.63) is 63.4 Å². The number of benzene rings is 1. The monoisotopic (exact) mass is 562 g/mol. The van der Waals surface area contributed by atoms with E-state index in [-0.39, 0.29) is 13.0 Å². The van der Waals surface area contributed by atoms with E-state index in [2.05, 4.69) is 14.2 Å². The quantitative estimate of drug-likeness (QED) is 0.236. The number of hydrogen-bond acceptors (Lipinski definition) is 13. The number of amides is 1. The lowest BCUT2D eigenvalue weighted by Gasteiger charge is -2.32. The Morgan fingerprint density at radius 1 is 1.22 bits per heavy atom. The lowest BCUT2D eigenvalue weighted by molar-refractivity contribution is -0.233. The Kier molecular flexibility index (Phi) is 9.58. The van der Waals surface area contributed by atoms with Crippen LogP contribution in [0.4, 0.5) is 10.5 Å². The number of phosphoric ester groups is 1. The molecule has 3 unspecified atom stereocenters. The first-order chi connectivity index (χ1) is 17.4. The second-order valence-electron chi connectivity index (χ2n) is 7.74. The summed E-state index contributed by atoms with van der Waals surface area (Å²) in [5.74, 6) is 0. The molecular weight excluding hydrogens is 538 g/mol. The van der Waals surface area contributed by atoms with Gasteiger partial charge in [-0.3, -0.25) is 28.5 Å². The van der Waals surface area contributed by atoms with Crippen molar-refractivity contribution in [1.82, 2.24) is 9.55 Å². The SMILES string of the molecule is NCCCP(=O)([O-])OP(=O)([O-])OC[C@H]1O[C@@H](n2ccc(=O)[nH]c2=O)[C@@H](OC(=O)Nc2ccccc2)C1O. The number of aliphatic hydroxyl groups excluding tert-OH is 1. The summed E-state index contributed by atoms with van der Waals surface area (Å²) in [6.45, 7) is -0.986. The van der Waals surface area contributed by atoms with Crippen LogP contribution in [0, 0.1) is 0 Å². The lowest BCUT2D eigenvalue weighted by atomic mass is 10.1. The number of anilines is 1. The molecule has 1 aliphatic heterocycles. The Hall–Kier alpha value is -2.65. The number of carbonyl (C=O) groups excluding carboxylic acids is 1. The summed E-state index contributed by atoms with van der Waals surface area (Å²) in [7, 11) is -10.3. The van der Waals surface area contributed by atoms with E-state index >= 15 is 0 Å². The highest BCUT2D eigenvalue weighted by Crippen LogP contribution is 2.55. The molecule has 1 aromatic carbocycles. The van der Waals surface area contributed by atoms with Crippen molar-refractivity contribution in [3.63, 3.8) is 0 Å². The van der Waals surface area contributed by atoms with Crippen LogP contribution < -0.4 is 32.1 Å². The minimum Gasteiger partial charge on any atom is -0.778 e. The first kappa shape index (κ1) is 28.9. The molecule has 204 valence electrons. The highest BCUT2D eigenvalue weighted by Gasteiger charge is 2.48. The molecule has 0 radical (unpaired) electrons. The molecule has 16 nitrogen and oxygen atoms in total. The molecule has 6 atom stereocenters. The minimum absolute atomic E-state index is 0.0214. The summed E-state index contributed by atoms with van der Waals surface area (Å²) in [4.78, 5) is 61.9. The average molecular weight is 562 g/mol. The van der Waals surface area contributed by atoms with E-state index in [1.807, 2.05) is 4.98 Å². The third kappa shape index (κ3) is 8.17. The fourth-order valence-corrected chi connectivity index (χ4v) is 5.93. The largest absolute Gasteiger partial charge is 0.778 e. The number of aliphatic hydroxyl groups is 1. The van der Waals surface area contributed by atoms with Gasteiger partial charge >= 0.3 is 11.8 Å². The van der Waals surface area contributed by atoms with Gasteiger partial charge in [-0.15, -0.1) is 0 Å². The van der Waals surface area contributed by atoms with Crippen LogP contribution in [0.25, 0.3) is 0 Å². The normalized spacial score (nSPS) is 24.6. The number of aromatic nitrogens is 2. The number of nitrogens with one attached hydrogen (secondary N) is 2. The average Bonchev–Trinajstić information content (AvgIpc) is 3.11. The minimum atomic E-state index is -5.43. The van der Waals surface area contributed by atoms with E-state index in [0.717, 1.165) is 16.8 Å². The molecule has 1 aliphatic rings. The van der Waals surface area contributed by atoms with Gasteiger partial charge in [-0.2, -0.15) is 0 Å². The number of aromatic amines is 1. The van der Waals surface area contributed by atoms with Crippen molar-refractivity contribution in [1.29, 1.82) is 0 Å². The molecule has 3 rings (SSSR count). The van der Waals surface area contributed by atoms with Crippen LogP contribution in [0.2, 0.25) is 0 Å². The molecule has 2 heterocycles. The van der Waals surface area contributed by atoms with Crippen molar-refractivity contribution >= 4 is 27.2 Å². The number of H-pyrrole nitrogens is 1. The molecule has 1 aromatic heterocycles. The van der Waals surface area contributed by atoms with Crippen LogP contribution in [0.15, 0.2) is 52.2 Å². The number of nitrogens with zero attached hydrogens (tertiary/aromatic N) is 1. The second kappa shape index (κ2) is 12.3. The number of rotatable bonds is 11. The van der Waals surface area contributed by atoms with Gasteiger partial charge in [0.1, 0.15) is 19.8 Å². The van der Waals surface area contributed by atoms with E-state index in [1.165, 1.54) is 0 Å². The van der Waals surface area contributed by atoms with Crippen molar-refractivity contribution in [2.45, 2.75) is 31.0 Å². The highest BCUT2D eigenvalue weighted by molar-refractivity contribution is 7.62. The number of phosphoric acid groups is 1. The van der Waals surface area contributed by atoms with E-state index < -0.39 is 70.1 Å². The smallest absolute Gasteiger partial charge is 0.412 e. The molecule has 0 saturated carbocycles. The zero-order chi connectivity index (χ0) is 27.2. The number of ether oxygens (including phenoxy) is 2. The van der Waals surface area contributed by atoms with Gasteiger partial charge in [0.05, 0.1) is 6.61 Å². The third-order valence-corrected chi connectivity index (χ3v) is 8.08. The number of nitrogens with two attached hydrogens (primary N) is 1. The molecule has 37 heavy (non-hydrogen) atoms. The second-order valence-corrected chi connectivity index (χ2v) is 11.2. The van der Waals surface area contributed by atoms with Crippen LogP contribution in [0.5, 0.6) is 0 Å². The zero-order valence-corrected chi connectivity index (χ0v) is 20.8. The van der Waals surface area contributed by atoms with Gasteiger partial charge in [0.2, 0.25) is 0 Å². The Balaban J connectivity index is 1.76. The van der Waals surface area contributed by atoms with E-state index in [1.54, 1.807) is 30.3 Å². The summed E-state index contributed by atoms with van der Waals surface area (Å²) < 4.78 is 44.1. The Labute approximate surface area is 209 Å². The van der Waals surface area contributed by atoms with Crippen molar-refractivity contribution in [3.8, 4) is 0 Å². The summed E-state index contributed by atoms with van der Waals surface area (Å²) in [5, 5.41) is 13.1. The Morgan fingerprint density at radius 3 is 2.57 bits per heavy atom. The van der Waals surface area contributed by atoms with Crippen LogP contribution in [-0.4, -0.2) is 58.4 Å². The molecule has 1 amide bonds. The van der Waals surface area contributed by atoms with Gasteiger partial charge in [0.25, 0.3) is 13.4 Å². The first-order valence-electron chi connectivity index (χ1n) is 10.8. The van der Waals surface area contributed by atoms with Crippen LogP contribution in [0.3, 0.4) is 0 Å². The molecule has 1 saturated heterocycles. The van der Waals surface area contributed by atoms with Crippen molar-refractivity contribution in [2.75, 3.05) is 24.6 Å². The first-order valence-corrected chi connectivity index (χ1v) is 13.9. The lowest BCUT2D eigenvalue weighted by Crippen LogP contribution is -2.41. The molecule has 0 bridgehead atoms. The van der Waals surface area contributed by atoms with Gasteiger partial charge in [-0.05, 0) is 25.1 Å². The summed E-state index contributed by atoms with van der Waals surface area (Å²) in [6.07, 6.45) is -7.16. The standard InChI is InChI=1S/C19H26N4O12P2/c20-8-4-10-36(28,29)35-37(30,31)32-11-13-15(25)16(34-19(27)21-12-5-2-1-3-6-12)17(33-13)23-9-7-14(24)22-18(23)26/h1-3,5-7,9,13,15-17,25H,4,8,10-11,20H2,(H,21,27)(H,28,29)(H,30,31)(H,22,24,26)/p-2/t13-,15?,16+,17-/m1/s1. The summed E-state index contributed by atoms with van der Waals surface area (Å²) in [6, 6.07) is 9.05. The van der Waals surface area contributed by atoms with Crippen LogP contribution >= 0.6 is 15.4 Å². The summed E-state index contributed by atoms with van der Waals surface area (Å²) >= 11 is 0. The topological polar surface area (TPSA) is 247 Å². The molecule has 0 aliphatic carbocycles. The number of para-hydroxylation sites is 1. The number of carbonyl (C=O) groups is 1. The molecule has 18 heteroatoms. The Bertz CT molecular complexity index is 1290. The predicted octanol–water partition coefficient (Wildman–Crippen LogP) is -1.18. The van der Waals surface area contributed by atoms with Gasteiger partial charge in [-0.1, -0.05) is 18.2 Å². The highest BCUT2D eigenvalue weighted by atomic mass is 31.3. The zero-order valence-electron chi connectivity index (χ0n) is 19.0. The third-order valence-electron chi connectivity index (χ3n) is 4.96. The molecular formula is C19H24N4O12P2-2. The van der Waals surface area contributed by atoms with Gasteiger partial charge < -0.3 is 39.2 Å². The van der Waals surface area contributed by atoms with Gasteiger partial charge in [0, 0.05) is 24.1 Å². The number of hydrogen-bond donors (Lipinski definition) is 4. The molecule has 2 aromatic rings. The van der Waals surface area contributed by atoms with Crippen LogP contribution in [0.1, 0.15) is 12.6 Å². The van der Waals surface area contributed by atoms with Crippen molar-refractivity contribution < 1.29 is 47.1 Å². The van der Waals surface area contributed by atoms with E-state index in [0.29, 0.717) is 5.69 Å². The molecule has 1 fully saturated rings. The van der Waals surface area contributed by atoms with Crippen LogP contribution in [-0.2, 0) is 27.4 Å². The van der Waals surface area contributed by atoms with Gasteiger partial charge in [-0.25, -0.2) is 9.59 Å². The maximum atomic E-state index is 12.4. The molecule has 5 N–H and O–H groups in total. The predicted molar refractivity (Wildman–Crippen MR) is 122 cm³/mol. The van der Waals surface area contributed by atoms with E-state index in [9.17, 15) is 38.4 Å². The fourth-order valence-electron chi connectivity index (χ4n) is 3.29. The van der Waals surface area contributed by atoms with E-state index in [4.69, 9.17) is 15.2 Å². The summed E-state index contributed by atoms with van der Waals surface area (Å²) in [5.41, 5.74) is 3.84. The maximum Gasteiger partial charge on any atom is 0.412 e. The molecule has 0 spiro atoms. The Morgan fingerprint density at radius 2 is 1.92 bits per heavy atom. The maximum absolute atomic E-state index is 12.4. The fraction of sp³-hybridized carbons (Fsp3) is 0.421. The van der Waals surface area contributed by atoms with Crippen molar-refractivity contribution in [2.24, 2.45) is 5.73 Å².